The number of allylic oxidation sites excluding steroid dienone is 16. The summed E-state index contributed by atoms with van der Waals surface area (Å²) in [5, 5.41) is 10.6. The highest BCUT2D eigenvalue weighted by molar-refractivity contribution is 7.47. The van der Waals surface area contributed by atoms with E-state index in [0.717, 1.165) is 141 Å². The maximum absolute atomic E-state index is 13.1. The molecule has 0 saturated heterocycles. The summed E-state index contributed by atoms with van der Waals surface area (Å²) in [6, 6.07) is 0. The van der Waals surface area contributed by atoms with Crippen molar-refractivity contribution >= 4 is 39.5 Å². The first kappa shape index (κ1) is 98.0. The number of phosphoric acid groups is 2. The molecule has 590 valence electrons. The summed E-state index contributed by atoms with van der Waals surface area (Å²) >= 11 is 0. The van der Waals surface area contributed by atoms with Crippen LogP contribution in [0.1, 0.15) is 349 Å². The van der Waals surface area contributed by atoms with Crippen LogP contribution in [0.5, 0.6) is 0 Å². The lowest BCUT2D eigenvalue weighted by atomic mass is 10.0. The summed E-state index contributed by atoms with van der Waals surface area (Å²) in [6.07, 6.45) is 79.7. The summed E-state index contributed by atoms with van der Waals surface area (Å²) in [7, 11) is -9.98. The van der Waals surface area contributed by atoms with E-state index in [1.165, 1.54) is 122 Å². The Bertz CT molecular complexity index is 2310. The van der Waals surface area contributed by atoms with Gasteiger partial charge in [-0.05, 0) is 116 Å². The number of ether oxygens (including phenoxy) is 4. The number of carbonyl (C=O) groups is 4. The Morgan fingerprint density at radius 3 is 0.853 bits per heavy atom. The zero-order valence-electron chi connectivity index (χ0n) is 64.5. The Balaban J connectivity index is 5.42. The molecule has 0 aromatic carbocycles. The first-order valence-corrected chi connectivity index (χ1v) is 43.5. The number of hydrogen-bond acceptors (Lipinski definition) is 15. The third-order valence-electron chi connectivity index (χ3n) is 17.0. The molecule has 19 heteroatoms. The highest BCUT2D eigenvalue weighted by Crippen LogP contribution is 2.45. The number of aliphatic hydroxyl groups excluding tert-OH is 1. The van der Waals surface area contributed by atoms with Crippen LogP contribution in [0, 0.1) is 0 Å². The van der Waals surface area contributed by atoms with Gasteiger partial charge in [0.15, 0.2) is 12.2 Å². The van der Waals surface area contributed by atoms with Crippen LogP contribution in [0.3, 0.4) is 0 Å². The van der Waals surface area contributed by atoms with Crippen LogP contribution in [0.2, 0.25) is 0 Å². The molecule has 0 aromatic rings. The van der Waals surface area contributed by atoms with Crippen LogP contribution in [-0.2, 0) is 65.4 Å². The number of unbranched alkanes of at least 4 members (excludes halogenated alkanes) is 34. The molecular formula is C83H146O17P2. The number of aliphatic hydroxyl groups is 1. The molecule has 5 atom stereocenters. The maximum Gasteiger partial charge on any atom is 0.472 e. The fourth-order valence-electron chi connectivity index (χ4n) is 10.9. The zero-order valence-corrected chi connectivity index (χ0v) is 66.3. The monoisotopic (exact) mass is 1480 g/mol. The van der Waals surface area contributed by atoms with Crippen molar-refractivity contribution in [3.63, 3.8) is 0 Å². The molecule has 102 heavy (non-hydrogen) atoms. The lowest BCUT2D eigenvalue weighted by Crippen LogP contribution is -2.30. The van der Waals surface area contributed by atoms with Gasteiger partial charge in [-0.3, -0.25) is 37.3 Å². The van der Waals surface area contributed by atoms with Gasteiger partial charge in [0.05, 0.1) is 26.4 Å². The number of esters is 4. The summed E-state index contributed by atoms with van der Waals surface area (Å²) in [4.78, 5) is 73.0. The molecule has 0 aliphatic rings. The van der Waals surface area contributed by atoms with Gasteiger partial charge in [0.25, 0.3) is 0 Å². The molecular weight excluding hydrogens is 1330 g/mol. The molecule has 0 fully saturated rings. The van der Waals surface area contributed by atoms with Crippen molar-refractivity contribution in [2.45, 2.75) is 367 Å². The van der Waals surface area contributed by atoms with Crippen molar-refractivity contribution < 1.29 is 80.2 Å². The number of carbonyl (C=O) groups excluding carboxylic acids is 4. The summed E-state index contributed by atoms with van der Waals surface area (Å²) in [6.45, 7) is 4.69. The van der Waals surface area contributed by atoms with E-state index in [1.807, 2.05) is 18.2 Å². The lowest BCUT2D eigenvalue weighted by Gasteiger charge is -2.21. The largest absolute Gasteiger partial charge is 0.472 e. The van der Waals surface area contributed by atoms with Gasteiger partial charge in [-0.1, -0.05) is 305 Å². The Hall–Kier alpha value is -4.02. The van der Waals surface area contributed by atoms with E-state index in [0.29, 0.717) is 32.1 Å². The van der Waals surface area contributed by atoms with Gasteiger partial charge >= 0.3 is 39.5 Å². The molecule has 3 N–H and O–H groups in total. The lowest BCUT2D eigenvalue weighted by molar-refractivity contribution is -0.161. The van der Waals surface area contributed by atoms with Crippen molar-refractivity contribution in [3.8, 4) is 0 Å². The van der Waals surface area contributed by atoms with Gasteiger partial charge in [-0.15, -0.1) is 0 Å². The third kappa shape index (κ3) is 74.3. The van der Waals surface area contributed by atoms with E-state index in [1.54, 1.807) is 0 Å². The fraction of sp³-hybridized carbons (Fsp3) is 0.759. The molecule has 0 aliphatic heterocycles. The van der Waals surface area contributed by atoms with Crippen molar-refractivity contribution in [2.24, 2.45) is 0 Å². The van der Waals surface area contributed by atoms with Crippen LogP contribution in [0.25, 0.3) is 0 Å². The van der Waals surface area contributed by atoms with E-state index in [2.05, 4.69) is 107 Å². The second-order valence-corrected chi connectivity index (χ2v) is 29.9. The molecule has 0 saturated carbocycles. The van der Waals surface area contributed by atoms with Crippen LogP contribution >= 0.6 is 15.6 Å². The van der Waals surface area contributed by atoms with E-state index in [9.17, 15) is 43.2 Å². The molecule has 0 bridgehead atoms. The van der Waals surface area contributed by atoms with Crippen molar-refractivity contribution in [1.82, 2.24) is 0 Å². The van der Waals surface area contributed by atoms with Gasteiger partial charge in [-0.2, -0.15) is 0 Å². The minimum Gasteiger partial charge on any atom is -0.462 e. The quantitative estimate of drug-likeness (QED) is 0.0169. The fourth-order valence-corrected chi connectivity index (χ4v) is 12.5. The molecule has 0 spiro atoms. The second-order valence-electron chi connectivity index (χ2n) is 27.0. The molecule has 0 aromatic heterocycles. The molecule has 0 radical (unpaired) electrons. The van der Waals surface area contributed by atoms with Crippen molar-refractivity contribution in [2.75, 3.05) is 39.6 Å². The second kappa shape index (κ2) is 75.2. The normalized spacial score (nSPS) is 14.4. The van der Waals surface area contributed by atoms with Gasteiger partial charge in [0.1, 0.15) is 19.3 Å². The molecule has 0 amide bonds. The van der Waals surface area contributed by atoms with Crippen LogP contribution in [0.15, 0.2) is 97.2 Å². The van der Waals surface area contributed by atoms with E-state index in [-0.39, 0.29) is 25.7 Å². The molecule has 17 nitrogen and oxygen atoms in total. The Morgan fingerprint density at radius 1 is 0.284 bits per heavy atom. The first-order chi connectivity index (χ1) is 49.7. The maximum atomic E-state index is 13.1. The highest BCUT2D eigenvalue weighted by Gasteiger charge is 2.30. The first-order valence-electron chi connectivity index (χ1n) is 40.5. The average Bonchev–Trinajstić information content (AvgIpc) is 1.21. The van der Waals surface area contributed by atoms with Gasteiger partial charge < -0.3 is 33.8 Å². The Labute approximate surface area is 620 Å². The molecule has 0 rings (SSSR count). The number of rotatable bonds is 76. The predicted octanol–water partition coefficient (Wildman–Crippen LogP) is 23.6. The van der Waals surface area contributed by atoms with Crippen LogP contribution < -0.4 is 0 Å². The van der Waals surface area contributed by atoms with E-state index in [4.69, 9.17) is 37.0 Å². The third-order valence-corrected chi connectivity index (χ3v) is 18.9. The minimum atomic E-state index is -5.00. The minimum absolute atomic E-state index is 0.0311. The van der Waals surface area contributed by atoms with Gasteiger partial charge in [0.2, 0.25) is 0 Å². The molecule has 0 aliphatic carbocycles. The van der Waals surface area contributed by atoms with Crippen molar-refractivity contribution in [3.05, 3.63) is 97.2 Å². The SMILES string of the molecule is CC/C=C\C/C=C\C/C=C\C/C=C\C/C=C\C/C=C\CCC(=O)O[C@H](COC(=O)CCCCCCC/C=C\CCCCCCCC)COP(=O)(O)OC[C@@H](O)COP(=O)(O)OC[C@@H](COC(=O)CCCCCCCCCCCCCCC)OC(=O)CCCCCCCCC/C=C\CCCCCC. The van der Waals surface area contributed by atoms with E-state index < -0.39 is 97.5 Å². The summed E-state index contributed by atoms with van der Waals surface area (Å²) in [5.74, 6) is -2.27. The topological polar surface area (TPSA) is 237 Å². The molecule has 2 unspecified atom stereocenters. The Morgan fingerprint density at radius 2 is 0.529 bits per heavy atom. The van der Waals surface area contributed by atoms with Gasteiger partial charge in [0, 0.05) is 25.7 Å². The van der Waals surface area contributed by atoms with Crippen LogP contribution in [-0.4, -0.2) is 96.7 Å². The highest BCUT2D eigenvalue weighted by atomic mass is 31.2. The number of phosphoric ester groups is 2. The Kier molecular flexibility index (Phi) is 72.3. The average molecular weight is 1480 g/mol. The standard InChI is InChI=1S/C83H146O17P2/c1-5-9-13-17-21-25-29-33-36-37-38-39-42-46-50-54-58-62-66-70-83(88)100-79(74-94-81(86)68-64-60-56-52-48-44-40-34-30-26-22-18-14-10-6-2)76-98-102(91,92)96-72-77(84)71-95-101(89,90)97-75-78(73-93-80(85)67-63-59-55-51-47-43-32-28-24-20-16-12-8-4)99-82(87)69-65-61-57-53-49-45-41-35-31-27-23-19-15-11-7-3/h9,13,21,25,27,31,33-34,36,38-40,46,50,58,62,77-79,84H,5-8,10-12,14-20,22-24,26,28-30,32,35,37,41-45,47-49,51-57,59-61,63-76H2,1-4H3,(H,89,90)(H,91,92)/b13-9-,25-21-,31-27-,36-33-,39-38-,40-34-,50-46-,62-58-/t77-,78+,79+/m0/s1. The zero-order chi connectivity index (χ0) is 74.6. The summed E-state index contributed by atoms with van der Waals surface area (Å²) in [5.41, 5.74) is 0. The van der Waals surface area contributed by atoms with E-state index >= 15 is 0 Å². The predicted molar refractivity (Wildman–Crippen MR) is 418 cm³/mol. The smallest absolute Gasteiger partial charge is 0.462 e. The van der Waals surface area contributed by atoms with Crippen LogP contribution in [0.4, 0.5) is 0 Å². The molecule has 0 heterocycles. The number of hydrogen-bond donors (Lipinski definition) is 3. The van der Waals surface area contributed by atoms with Gasteiger partial charge in [-0.25, -0.2) is 9.13 Å². The summed E-state index contributed by atoms with van der Waals surface area (Å²) < 4.78 is 68.5. The van der Waals surface area contributed by atoms with Crippen molar-refractivity contribution in [1.29, 1.82) is 0 Å².